The van der Waals surface area contributed by atoms with Gasteiger partial charge >= 0.3 is 0 Å². The van der Waals surface area contributed by atoms with Gasteiger partial charge in [-0.25, -0.2) is 0 Å². The SMILES string of the molecule is CCCN1CCN(C(=O)c2cc(C)n(Cc3ccccc3)c2C)CC1. The first-order valence-corrected chi connectivity index (χ1v) is 9.32. The van der Waals surface area contributed by atoms with Crippen LogP contribution < -0.4 is 0 Å². The van der Waals surface area contributed by atoms with Crippen LogP contribution in [-0.4, -0.2) is 53.0 Å². The summed E-state index contributed by atoms with van der Waals surface area (Å²) in [5.74, 6) is 0.184. The van der Waals surface area contributed by atoms with Crippen LogP contribution in [0.15, 0.2) is 36.4 Å². The summed E-state index contributed by atoms with van der Waals surface area (Å²) >= 11 is 0. The van der Waals surface area contributed by atoms with E-state index in [4.69, 9.17) is 0 Å². The van der Waals surface area contributed by atoms with Gasteiger partial charge in [0.1, 0.15) is 0 Å². The van der Waals surface area contributed by atoms with Gasteiger partial charge in [0, 0.05) is 44.1 Å². The zero-order valence-electron chi connectivity index (χ0n) is 15.7. The number of aryl methyl sites for hydroxylation is 1. The van der Waals surface area contributed by atoms with Crippen molar-refractivity contribution in [2.24, 2.45) is 0 Å². The van der Waals surface area contributed by atoms with Gasteiger partial charge in [-0.3, -0.25) is 9.69 Å². The number of amides is 1. The Balaban J connectivity index is 1.73. The smallest absolute Gasteiger partial charge is 0.255 e. The Hall–Kier alpha value is -2.07. The second kappa shape index (κ2) is 7.87. The molecule has 1 aliphatic rings. The lowest BCUT2D eigenvalue weighted by Gasteiger charge is -2.34. The van der Waals surface area contributed by atoms with Crippen LogP contribution in [0.25, 0.3) is 0 Å². The van der Waals surface area contributed by atoms with E-state index in [0.29, 0.717) is 0 Å². The van der Waals surface area contributed by atoms with Gasteiger partial charge in [-0.2, -0.15) is 0 Å². The maximum absolute atomic E-state index is 13.0. The maximum Gasteiger partial charge on any atom is 0.255 e. The largest absolute Gasteiger partial charge is 0.344 e. The maximum atomic E-state index is 13.0. The van der Waals surface area contributed by atoms with Gasteiger partial charge in [0.15, 0.2) is 0 Å². The van der Waals surface area contributed by atoms with Crippen LogP contribution in [0.4, 0.5) is 0 Å². The van der Waals surface area contributed by atoms with Crippen molar-refractivity contribution in [3.8, 4) is 0 Å². The van der Waals surface area contributed by atoms with Crippen LogP contribution in [0.3, 0.4) is 0 Å². The highest BCUT2D eigenvalue weighted by atomic mass is 16.2. The van der Waals surface area contributed by atoms with Crippen molar-refractivity contribution in [2.75, 3.05) is 32.7 Å². The lowest BCUT2D eigenvalue weighted by molar-refractivity contribution is 0.0636. The molecule has 4 heteroatoms. The summed E-state index contributed by atoms with van der Waals surface area (Å²) in [6.07, 6.45) is 1.18. The molecule has 1 amide bonds. The summed E-state index contributed by atoms with van der Waals surface area (Å²) in [4.78, 5) is 17.5. The van der Waals surface area contributed by atoms with E-state index in [0.717, 1.165) is 56.2 Å². The molecular formula is C21H29N3O. The Morgan fingerprint density at radius 1 is 1.04 bits per heavy atom. The topological polar surface area (TPSA) is 28.5 Å². The number of hydrogen-bond donors (Lipinski definition) is 0. The van der Waals surface area contributed by atoms with E-state index < -0.39 is 0 Å². The quantitative estimate of drug-likeness (QED) is 0.836. The molecule has 0 N–H and O–H groups in total. The second-order valence-electron chi connectivity index (χ2n) is 6.99. The third kappa shape index (κ3) is 3.96. The normalized spacial score (nSPS) is 15.6. The predicted octanol–water partition coefficient (Wildman–Crippen LogP) is 3.32. The zero-order valence-corrected chi connectivity index (χ0v) is 15.7. The predicted molar refractivity (Wildman–Crippen MR) is 102 cm³/mol. The first kappa shape index (κ1) is 17.7. The fraction of sp³-hybridized carbons (Fsp3) is 0.476. The molecule has 2 heterocycles. The molecule has 1 aromatic heterocycles. The van der Waals surface area contributed by atoms with E-state index >= 15 is 0 Å². The van der Waals surface area contributed by atoms with Crippen molar-refractivity contribution in [1.29, 1.82) is 0 Å². The van der Waals surface area contributed by atoms with Crippen LogP contribution in [0, 0.1) is 13.8 Å². The number of rotatable bonds is 5. The Labute approximate surface area is 151 Å². The minimum absolute atomic E-state index is 0.184. The fourth-order valence-corrected chi connectivity index (χ4v) is 3.69. The van der Waals surface area contributed by atoms with E-state index in [1.807, 2.05) is 11.0 Å². The van der Waals surface area contributed by atoms with Crippen molar-refractivity contribution in [1.82, 2.24) is 14.4 Å². The third-order valence-electron chi connectivity index (χ3n) is 5.19. The van der Waals surface area contributed by atoms with Gasteiger partial charge in [-0.15, -0.1) is 0 Å². The molecule has 0 spiro atoms. The number of hydrogen-bond acceptors (Lipinski definition) is 2. The fourth-order valence-electron chi connectivity index (χ4n) is 3.69. The molecule has 0 radical (unpaired) electrons. The van der Waals surface area contributed by atoms with Gasteiger partial charge in [-0.05, 0) is 38.4 Å². The van der Waals surface area contributed by atoms with Crippen LogP contribution >= 0.6 is 0 Å². The molecule has 1 aromatic carbocycles. The Bertz CT molecular complexity index is 712. The van der Waals surface area contributed by atoms with Crippen molar-refractivity contribution in [3.63, 3.8) is 0 Å². The third-order valence-corrected chi connectivity index (χ3v) is 5.19. The number of piperazine rings is 1. The van der Waals surface area contributed by atoms with E-state index in [2.05, 4.69) is 60.6 Å². The molecule has 0 bridgehead atoms. The molecule has 1 aliphatic heterocycles. The summed E-state index contributed by atoms with van der Waals surface area (Å²) in [7, 11) is 0. The number of carbonyl (C=O) groups is 1. The average molecular weight is 339 g/mol. The molecule has 25 heavy (non-hydrogen) atoms. The highest BCUT2D eigenvalue weighted by Gasteiger charge is 2.24. The van der Waals surface area contributed by atoms with Gasteiger partial charge < -0.3 is 9.47 Å². The highest BCUT2D eigenvalue weighted by Crippen LogP contribution is 2.20. The minimum Gasteiger partial charge on any atom is -0.344 e. The van der Waals surface area contributed by atoms with Crippen LogP contribution in [0.2, 0.25) is 0 Å². The lowest BCUT2D eigenvalue weighted by Crippen LogP contribution is -2.48. The summed E-state index contributed by atoms with van der Waals surface area (Å²) in [5.41, 5.74) is 4.34. The lowest BCUT2D eigenvalue weighted by atomic mass is 10.2. The number of aromatic nitrogens is 1. The molecule has 2 aromatic rings. The monoisotopic (exact) mass is 339 g/mol. The van der Waals surface area contributed by atoms with E-state index in [-0.39, 0.29) is 5.91 Å². The van der Waals surface area contributed by atoms with Crippen molar-refractivity contribution < 1.29 is 4.79 Å². The Morgan fingerprint density at radius 2 is 1.72 bits per heavy atom. The number of benzene rings is 1. The first-order chi connectivity index (χ1) is 12.1. The molecule has 134 valence electrons. The van der Waals surface area contributed by atoms with E-state index in [1.165, 1.54) is 12.0 Å². The van der Waals surface area contributed by atoms with Crippen LogP contribution in [0.1, 0.15) is 40.7 Å². The number of nitrogens with zero attached hydrogens (tertiary/aromatic N) is 3. The zero-order chi connectivity index (χ0) is 17.8. The number of carbonyl (C=O) groups excluding carboxylic acids is 1. The van der Waals surface area contributed by atoms with Crippen LogP contribution in [-0.2, 0) is 6.54 Å². The van der Waals surface area contributed by atoms with Crippen molar-refractivity contribution >= 4 is 5.91 Å². The molecule has 0 aliphatic carbocycles. The molecule has 4 nitrogen and oxygen atoms in total. The average Bonchev–Trinajstić information content (AvgIpc) is 2.91. The Morgan fingerprint density at radius 3 is 2.36 bits per heavy atom. The summed E-state index contributed by atoms with van der Waals surface area (Å²) in [6, 6.07) is 12.5. The molecule has 0 saturated carbocycles. The van der Waals surface area contributed by atoms with Gasteiger partial charge in [0.25, 0.3) is 5.91 Å². The molecule has 1 fully saturated rings. The second-order valence-corrected chi connectivity index (χ2v) is 6.99. The summed E-state index contributed by atoms with van der Waals surface area (Å²) in [5, 5.41) is 0. The molecule has 1 saturated heterocycles. The standard InChI is InChI=1S/C21H29N3O/c1-4-10-22-11-13-23(14-12-22)21(25)20-15-17(2)24(18(20)3)16-19-8-6-5-7-9-19/h5-9,15H,4,10-14,16H2,1-3H3. The highest BCUT2D eigenvalue weighted by molar-refractivity contribution is 5.95. The van der Waals surface area contributed by atoms with Crippen molar-refractivity contribution in [2.45, 2.75) is 33.7 Å². The molecule has 3 rings (SSSR count). The minimum atomic E-state index is 0.184. The molecule has 0 unspecified atom stereocenters. The van der Waals surface area contributed by atoms with Gasteiger partial charge in [0.05, 0.1) is 5.56 Å². The Kier molecular flexibility index (Phi) is 5.59. The van der Waals surface area contributed by atoms with Crippen molar-refractivity contribution in [3.05, 3.63) is 58.9 Å². The summed E-state index contributed by atoms with van der Waals surface area (Å²) in [6.45, 7) is 12.0. The van der Waals surface area contributed by atoms with E-state index in [1.54, 1.807) is 0 Å². The van der Waals surface area contributed by atoms with E-state index in [9.17, 15) is 4.79 Å². The van der Waals surface area contributed by atoms with Gasteiger partial charge in [0.2, 0.25) is 0 Å². The summed E-state index contributed by atoms with van der Waals surface area (Å²) < 4.78 is 2.25. The first-order valence-electron chi connectivity index (χ1n) is 9.32. The molecule has 0 atom stereocenters. The van der Waals surface area contributed by atoms with Gasteiger partial charge in [-0.1, -0.05) is 37.3 Å². The van der Waals surface area contributed by atoms with Crippen LogP contribution in [0.5, 0.6) is 0 Å². The molecular weight excluding hydrogens is 310 g/mol.